The molecule has 0 aromatic heterocycles. The van der Waals surface area contributed by atoms with Crippen molar-refractivity contribution in [2.24, 2.45) is 0 Å². The Morgan fingerprint density at radius 3 is 2.89 bits per heavy atom. The van der Waals surface area contributed by atoms with E-state index in [1.165, 1.54) is 12.1 Å². The first-order valence-corrected chi connectivity index (χ1v) is 6.25. The van der Waals surface area contributed by atoms with Gasteiger partial charge in [-0.05, 0) is 31.5 Å². The fourth-order valence-electron chi connectivity index (χ4n) is 2.24. The molecule has 0 spiro atoms. The monoisotopic (exact) mass is 267 g/mol. The van der Waals surface area contributed by atoms with Gasteiger partial charge in [0.15, 0.2) is 0 Å². The van der Waals surface area contributed by atoms with Gasteiger partial charge in [-0.3, -0.25) is 4.90 Å². The van der Waals surface area contributed by atoms with E-state index in [0.29, 0.717) is 19.8 Å². The van der Waals surface area contributed by atoms with Gasteiger partial charge in [0, 0.05) is 18.6 Å². The summed E-state index contributed by atoms with van der Waals surface area (Å²) in [5.74, 6) is -1.93. The van der Waals surface area contributed by atoms with Gasteiger partial charge >= 0.3 is 5.97 Å². The van der Waals surface area contributed by atoms with Gasteiger partial charge in [-0.15, -0.1) is 0 Å². The third-order valence-electron chi connectivity index (χ3n) is 3.45. The summed E-state index contributed by atoms with van der Waals surface area (Å²) < 4.78 is 18.8. The number of aromatic carboxylic acids is 1. The Balaban J connectivity index is 2.19. The maximum absolute atomic E-state index is 13.3. The van der Waals surface area contributed by atoms with Crippen molar-refractivity contribution in [2.75, 3.05) is 19.8 Å². The number of halogens is 1. The third kappa shape index (κ3) is 3.11. The van der Waals surface area contributed by atoms with Crippen LogP contribution in [0.3, 0.4) is 0 Å². The molecule has 5 heteroatoms. The van der Waals surface area contributed by atoms with Crippen molar-refractivity contribution in [3.8, 4) is 0 Å². The van der Waals surface area contributed by atoms with Gasteiger partial charge in [0.2, 0.25) is 0 Å². The summed E-state index contributed by atoms with van der Waals surface area (Å²) in [6, 6.07) is 4.25. The molecule has 0 aliphatic carbocycles. The van der Waals surface area contributed by atoms with Gasteiger partial charge in [-0.1, -0.05) is 6.07 Å². The number of rotatable bonds is 3. The minimum atomic E-state index is -1.24. The van der Waals surface area contributed by atoms with Gasteiger partial charge < -0.3 is 9.84 Å². The third-order valence-corrected chi connectivity index (χ3v) is 3.45. The number of morpholine rings is 1. The highest BCUT2D eigenvalue weighted by molar-refractivity contribution is 5.88. The lowest BCUT2D eigenvalue weighted by Gasteiger charge is -2.42. The number of hydrogen-bond acceptors (Lipinski definition) is 3. The van der Waals surface area contributed by atoms with E-state index in [1.807, 2.05) is 0 Å². The lowest BCUT2D eigenvalue weighted by molar-refractivity contribution is -0.0552. The summed E-state index contributed by atoms with van der Waals surface area (Å²) in [4.78, 5) is 13.1. The van der Waals surface area contributed by atoms with Crippen LogP contribution in [0.2, 0.25) is 0 Å². The Kier molecular flexibility index (Phi) is 3.87. The number of carboxylic acid groups (broad SMARTS) is 1. The molecule has 1 fully saturated rings. The topological polar surface area (TPSA) is 49.8 Å². The maximum Gasteiger partial charge on any atom is 0.338 e. The summed E-state index contributed by atoms with van der Waals surface area (Å²) in [5, 5.41) is 8.93. The standard InChI is InChI=1S/C14H18FNO3/c1-14(2)9-19-6-5-16(14)8-10-3-4-12(15)11(7-10)13(17)18/h3-4,7H,5-6,8-9H2,1-2H3,(H,17,18). The van der Waals surface area contributed by atoms with Crippen LogP contribution in [0.25, 0.3) is 0 Å². The average molecular weight is 267 g/mol. The predicted octanol–water partition coefficient (Wildman–Crippen LogP) is 2.13. The summed E-state index contributed by atoms with van der Waals surface area (Å²) in [5.41, 5.74) is 0.424. The molecule has 4 nitrogen and oxygen atoms in total. The van der Waals surface area contributed by atoms with Crippen LogP contribution < -0.4 is 0 Å². The minimum Gasteiger partial charge on any atom is -0.478 e. The van der Waals surface area contributed by atoms with Gasteiger partial charge in [0.1, 0.15) is 5.82 Å². The van der Waals surface area contributed by atoms with Crippen molar-refractivity contribution >= 4 is 5.97 Å². The minimum absolute atomic E-state index is 0.101. The molecule has 1 aromatic rings. The number of nitrogens with zero attached hydrogens (tertiary/aromatic N) is 1. The Morgan fingerprint density at radius 2 is 2.26 bits per heavy atom. The Morgan fingerprint density at radius 1 is 1.53 bits per heavy atom. The normalized spacial score (nSPS) is 19.3. The van der Waals surface area contributed by atoms with Gasteiger partial charge in [-0.2, -0.15) is 0 Å². The SMILES string of the molecule is CC1(C)COCCN1Cc1ccc(F)c(C(=O)O)c1. The zero-order valence-electron chi connectivity index (χ0n) is 11.1. The van der Waals surface area contributed by atoms with Crippen molar-refractivity contribution in [1.82, 2.24) is 4.90 Å². The number of carbonyl (C=O) groups is 1. The van der Waals surface area contributed by atoms with Crippen LogP contribution in [-0.4, -0.2) is 41.3 Å². The van der Waals surface area contributed by atoms with Crippen LogP contribution in [0.5, 0.6) is 0 Å². The van der Waals surface area contributed by atoms with E-state index in [1.54, 1.807) is 6.07 Å². The lowest BCUT2D eigenvalue weighted by atomic mass is 10.0. The summed E-state index contributed by atoms with van der Waals surface area (Å²) in [6.07, 6.45) is 0. The van der Waals surface area contributed by atoms with Crippen LogP contribution >= 0.6 is 0 Å². The molecule has 104 valence electrons. The van der Waals surface area contributed by atoms with Crippen LogP contribution in [0, 0.1) is 5.82 Å². The summed E-state index contributed by atoms with van der Waals surface area (Å²) >= 11 is 0. The van der Waals surface area contributed by atoms with Crippen LogP contribution in [0.15, 0.2) is 18.2 Å². The molecule has 0 amide bonds. The first-order chi connectivity index (χ1) is 8.90. The second kappa shape index (κ2) is 5.27. The van der Waals surface area contributed by atoms with Crippen molar-refractivity contribution in [1.29, 1.82) is 0 Å². The van der Waals surface area contributed by atoms with E-state index in [4.69, 9.17) is 9.84 Å². The molecule has 1 N–H and O–H groups in total. The Labute approximate surface area is 111 Å². The molecule has 0 saturated carbocycles. The Bertz CT molecular complexity index is 488. The maximum atomic E-state index is 13.3. The van der Waals surface area contributed by atoms with E-state index in [9.17, 15) is 9.18 Å². The van der Waals surface area contributed by atoms with Crippen molar-refractivity contribution in [3.63, 3.8) is 0 Å². The molecule has 2 rings (SSSR count). The first kappa shape index (κ1) is 14.0. The summed E-state index contributed by atoms with van der Waals surface area (Å²) in [7, 11) is 0. The molecule has 1 heterocycles. The van der Waals surface area contributed by atoms with Gasteiger partial charge in [-0.25, -0.2) is 9.18 Å². The second-order valence-electron chi connectivity index (χ2n) is 5.41. The number of hydrogen-bond donors (Lipinski definition) is 1. The fourth-order valence-corrected chi connectivity index (χ4v) is 2.24. The van der Waals surface area contributed by atoms with Gasteiger partial charge in [0.25, 0.3) is 0 Å². The highest BCUT2D eigenvalue weighted by Gasteiger charge is 2.30. The molecular formula is C14H18FNO3. The average Bonchev–Trinajstić information content (AvgIpc) is 2.33. The quantitative estimate of drug-likeness (QED) is 0.911. The first-order valence-electron chi connectivity index (χ1n) is 6.25. The zero-order chi connectivity index (χ0) is 14.0. The molecule has 1 saturated heterocycles. The second-order valence-corrected chi connectivity index (χ2v) is 5.41. The predicted molar refractivity (Wildman–Crippen MR) is 68.7 cm³/mol. The van der Waals surface area contributed by atoms with Crippen molar-refractivity contribution < 1.29 is 19.0 Å². The fraction of sp³-hybridized carbons (Fsp3) is 0.500. The zero-order valence-corrected chi connectivity index (χ0v) is 11.1. The molecule has 0 unspecified atom stereocenters. The van der Waals surface area contributed by atoms with Gasteiger partial charge in [0.05, 0.1) is 18.8 Å². The van der Waals surface area contributed by atoms with Crippen LogP contribution in [0.1, 0.15) is 29.8 Å². The van der Waals surface area contributed by atoms with E-state index in [-0.39, 0.29) is 11.1 Å². The molecule has 0 bridgehead atoms. The molecule has 1 aliphatic rings. The van der Waals surface area contributed by atoms with E-state index >= 15 is 0 Å². The summed E-state index contributed by atoms with van der Waals surface area (Å²) in [6.45, 7) is 6.83. The number of ether oxygens (including phenoxy) is 1. The van der Waals surface area contributed by atoms with Crippen molar-refractivity contribution in [3.05, 3.63) is 35.1 Å². The molecular weight excluding hydrogens is 249 g/mol. The molecule has 1 aliphatic heterocycles. The molecule has 0 atom stereocenters. The van der Waals surface area contributed by atoms with E-state index in [0.717, 1.165) is 12.1 Å². The lowest BCUT2D eigenvalue weighted by Crippen LogP contribution is -2.52. The largest absolute Gasteiger partial charge is 0.478 e. The Hall–Kier alpha value is -1.46. The smallest absolute Gasteiger partial charge is 0.338 e. The van der Waals surface area contributed by atoms with Crippen molar-refractivity contribution in [2.45, 2.75) is 25.9 Å². The molecule has 19 heavy (non-hydrogen) atoms. The van der Waals surface area contributed by atoms with E-state index in [2.05, 4.69) is 18.7 Å². The van der Waals surface area contributed by atoms with E-state index < -0.39 is 11.8 Å². The number of carboxylic acids is 1. The van der Waals surface area contributed by atoms with Crippen LogP contribution in [-0.2, 0) is 11.3 Å². The number of benzene rings is 1. The molecule has 0 radical (unpaired) electrons. The highest BCUT2D eigenvalue weighted by atomic mass is 19.1. The highest BCUT2D eigenvalue weighted by Crippen LogP contribution is 2.22. The molecule has 1 aromatic carbocycles. The van der Waals surface area contributed by atoms with Crippen LogP contribution in [0.4, 0.5) is 4.39 Å².